The first-order valence-corrected chi connectivity index (χ1v) is 6.97. The Hall–Kier alpha value is -0.390. The van der Waals surface area contributed by atoms with Gasteiger partial charge in [0.25, 0.3) is 0 Å². The van der Waals surface area contributed by atoms with Crippen LogP contribution in [0.3, 0.4) is 0 Å². The molecule has 1 heterocycles. The minimum atomic E-state index is -3.08. The molecule has 1 aromatic rings. The van der Waals surface area contributed by atoms with Gasteiger partial charge < -0.3 is 0 Å². The predicted octanol–water partition coefficient (Wildman–Crippen LogP) is 2.09. The standard InChI is InChI=1S/C9H15NO2S2/c1-4-14(11,12)10(3)8(2)9-6-5-7-13-9/h5-8H,4H2,1-3H3. The molecule has 0 aliphatic rings. The van der Waals surface area contributed by atoms with E-state index in [1.165, 1.54) is 4.31 Å². The Balaban J connectivity index is 2.86. The summed E-state index contributed by atoms with van der Waals surface area (Å²) in [6.07, 6.45) is 0. The Kier molecular flexibility index (Phi) is 3.69. The first-order chi connectivity index (χ1) is 6.49. The molecule has 0 bridgehead atoms. The highest BCUT2D eigenvalue weighted by Gasteiger charge is 2.22. The van der Waals surface area contributed by atoms with Crippen LogP contribution in [0.1, 0.15) is 24.8 Å². The van der Waals surface area contributed by atoms with Crippen molar-refractivity contribution in [3.8, 4) is 0 Å². The molecule has 1 aromatic heterocycles. The lowest BCUT2D eigenvalue weighted by atomic mass is 10.3. The Labute approximate surface area is 89.4 Å². The molecule has 0 fully saturated rings. The summed E-state index contributed by atoms with van der Waals surface area (Å²) in [5, 5.41) is 1.96. The van der Waals surface area contributed by atoms with Crippen LogP contribution in [0.4, 0.5) is 0 Å². The third-order valence-electron chi connectivity index (χ3n) is 2.30. The molecule has 0 saturated heterocycles. The summed E-state index contributed by atoms with van der Waals surface area (Å²) in [5.41, 5.74) is 0. The molecule has 0 aliphatic carbocycles. The minimum Gasteiger partial charge on any atom is -0.212 e. The lowest BCUT2D eigenvalue weighted by Crippen LogP contribution is -2.30. The summed E-state index contributed by atoms with van der Waals surface area (Å²) < 4.78 is 24.6. The average Bonchev–Trinajstić information content (AvgIpc) is 2.68. The van der Waals surface area contributed by atoms with Crippen LogP contribution in [-0.2, 0) is 10.0 Å². The van der Waals surface area contributed by atoms with Gasteiger partial charge in [-0.05, 0) is 25.3 Å². The lowest BCUT2D eigenvalue weighted by molar-refractivity contribution is 0.403. The summed E-state index contributed by atoms with van der Waals surface area (Å²) in [6.45, 7) is 3.56. The molecule has 0 N–H and O–H groups in total. The molecular formula is C9H15NO2S2. The number of hydrogen-bond acceptors (Lipinski definition) is 3. The number of rotatable bonds is 4. The Morgan fingerprint density at radius 2 is 2.21 bits per heavy atom. The van der Waals surface area contributed by atoms with Gasteiger partial charge in [-0.25, -0.2) is 8.42 Å². The quantitative estimate of drug-likeness (QED) is 0.798. The lowest BCUT2D eigenvalue weighted by Gasteiger charge is -2.22. The van der Waals surface area contributed by atoms with E-state index in [2.05, 4.69) is 0 Å². The normalized spacial score (nSPS) is 14.6. The molecule has 14 heavy (non-hydrogen) atoms. The van der Waals surface area contributed by atoms with Crippen LogP contribution in [0.5, 0.6) is 0 Å². The van der Waals surface area contributed by atoms with E-state index in [0.29, 0.717) is 0 Å². The molecular weight excluding hydrogens is 218 g/mol. The van der Waals surface area contributed by atoms with Gasteiger partial charge in [0.1, 0.15) is 0 Å². The van der Waals surface area contributed by atoms with Crippen molar-refractivity contribution in [3.63, 3.8) is 0 Å². The summed E-state index contributed by atoms with van der Waals surface area (Å²) >= 11 is 1.58. The van der Waals surface area contributed by atoms with Crippen molar-refractivity contribution in [2.45, 2.75) is 19.9 Å². The fourth-order valence-corrected chi connectivity index (χ4v) is 3.05. The second-order valence-electron chi connectivity index (χ2n) is 3.11. The number of thiophene rings is 1. The zero-order chi connectivity index (χ0) is 10.8. The highest BCUT2D eigenvalue weighted by atomic mass is 32.2. The highest BCUT2D eigenvalue weighted by Crippen LogP contribution is 2.25. The summed E-state index contributed by atoms with van der Waals surface area (Å²) in [5.74, 6) is 0.152. The molecule has 1 rings (SSSR count). The van der Waals surface area contributed by atoms with Crippen LogP contribution in [-0.4, -0.2) is 25.5 Å². The van der Waals surface area contributed by atoms with Crippen LogP contribution in [0, 0.1) is 0 Å². The van der Waals surface area contributed by atoms with Gasteiger partial charge in [0.15, 0.2) is 0 Å². The van der Waals surface area contributed by atoms with E-state index in [-0.39, 0.29) is 11.8 Å². The van der Waals surface area contributed by atoms with Gasteiger partial charge in [0.05, 0.1) is 11.8 Å². The third kappa shape index (κ3) is 2.34. The van der Waals surface area contributed by atoms with Gasteiger partial charge in [0.2, 0.25) is 10.0 Å². The maximum atomic E-state index is 11.6. The molecule has 0 radical (unpaired) electrons. The van der Waals surface area contributed by atoms with Crippen LogP contribution in [0.2, 0.25) is 0 Å². The Morgan fingerprint density at radius 1 is 1.57 bits per heavy atom. The molecule has 0 saturated carbocycles. The zero-order valence-corrected chi connectivity index (χ0v) is 10.2. The molecule has 0 spiro atoms. The van der Waals surface area contributed by atoms with Crippen LogP contribution in [0.25, 0.3) is 0 Å². The molecule has 0 aliphatic heterocycles. The average molecular weight is 233 g/mol. The second kappa shape index (κ2) is 4.42. The molecule has 80 valence electrons. The maximum absolute atomic E-state index is 11.6. The largest absolute Gasteiger partial charge is 0.214 e. The Morgan fingerprint density at radius 3 is 2.64 bits per heavy atom. The van der Waals surface area contributed by atoms with Crippen molar-refractivity contribution in [1.29, 1.82) is 0 Å². The van der Waals surface area contributed by atoms with E-state index in [0.717, 1.165) is 4.88 Å². The first-order valence-electron chi connectivity index (χ1n) is 4.48. The zero-order valence-electron chi connectivity index (χ0n) is 8.60. The predicted molar refractivity (Wildman–Crippen MR) is 60.0 cm³/mol. The maximum Gasteiger partial charge on any atom is 0.214 e. The third-order valence-corrected chi connectivity index (χ3v) is 5.27. The number of nitrogens with zero attached hydrogens (tertiary/aromatic N) is 1. The van der Waals surface area contributed by atoms with E-state index in [4.69, 9.17) is 0 Å². The fraction of sp³-hybridized carbons (Fsp3) is 0.556. The first kappa shape index (κ1) is 11.7. The SMILES string of the molecule is CCS(=O)(=O)N(C)C(C)c1cccs1. The topological polar surface area (TPSA) is 37.4 Å². The minimum absolute atomic E-state index is 0.0695. The smallest absolute Gasteiger partial charge is 0.212 e. The van der Waals surface area contributed by atoms with Crippen molar-refractivity contribution in [1.82, 2.24) is 4.31 Å². The van der Waals surface area contributed by atoms with E-state index in [1.807, 2.05) is 24.4 Å². The van der Waals surface area contributed by atoms with E-state index < -0.39 is 10.0 Å². The van der Waals surface area contributed by atoms with Crippen molar-refractivity contribution in [3.05, 3.63) is 22.4 Å². The van der Waals surface area contributed by atoms with Crippen molar-refractivity contribution in [2.24, 2.45) is 0 Å². The highest BCUT2D eigenvalue weighted by molar-refractivity contribution is 7.89. The second-order valence-corrected chi connectivity index (χ2v) is 6.40. The summed E-state index contributed by atoms with van der Waals surface area (Å²) in [7, 11) is -1.46. The van der Waals surface area contributed by atoms with Crippen molar-refractivity contribution in [2.75, 3.05) is 12.8 Å². The van der Waals surface area contributed by atoms with E-state index in [1.54, 1.807) is 25.3 Å². The van der Waals surface area contributed by atoms with Gasteiger partial charge in [-0.15, -0.1) is 11.3 Å². The molecule has 0 amide bonds. The van der Waals surface area contributed by atoms with E-state index in [9.17, 15) is 8.42 Å². The molecule has 3 nitrogen and oxygen atoms in total. The number of sulfonamides is 1. The van der Waals surface area contributed by atoms with Gasteiger partial charge in [-0.3, -0.25) is 0 Å². The number of hydrogen-bond donors (Lipinski definition) is 0. The summed E-state index contributed by atoms with van der Waals surface area (Å²) in [4.78, 5) is 1.07. The van der Waals surface area contributed by atoms with E-state index >= 15 is 0 Å². The molecule has 0 aromatic carbocycles. The monoisotopic (exact) mass is 233 g/mol. The van der Waals surface area contributed by atoms with Gasteiger partial charge in [-0.1, -0.05) is 6.07 Å². The van der Waals surface area contributed by atoms with Crippen molar-refractivity contribution >= 4 is 21.4 Å². The van der Waals surface area contributed by atoms with Crippen LogP contribution in [0.15, 0.2) is 17.5 Å². The van der Waals surface area contributed by atoms with Crippen LogP contribution < -0.4 is 0 Å². The Bertz CT molecular complexity index is 370. The van der Waals surface area contributed by atoms with Gasteiger partial charge in [-0.2, -0.15) is 4.31 Å². The van der Waals surface area contributed by atoms with Gasteiger partial charge in [0, 0.05) is 11.9 Å². The molecule has 1 unspecified atom stereocenters. The van der Waals surface area contributed by atoms with Gasteiger partial charge >= 0.3 is 0 Å². The van der Waals surface area contributed by atoms with Crippen LogP contribution >= 0.6 is 11.3 Å². The fourth-order valence-electron chi connectivity index (χ4n) is 1.15. The summed E-state index contributed by atoms with van der Waals surface area (Å²) in [6, 6.07) is 3.82. The van der Waals surface area contributed by atoms with Crippen molar-refractivity contribution < 1.29 is 8.42 Å². The molecule has 1 atom stereocenters. The molecule has 5 heteroatoms.